The van der Waals surface area contributed by atoms with Crippen LogP contribution in [0.3, 0.4) is 0 Å². The quantitative estimate of drug-likeness (QED) is 0.607. The van der Waals surface area contributed by atoms with Crippen LogP contribution in [0.2, 0.25) is 0 Å². The summed E-state index contributed by atoms with van der Waals surface area (Å²) in [6.07, 6.45) is 1.63. The number of rotatable bonds is 3. The van der Waals surface area contributed by atoms with Crippen molar-refractivity contribution in [2.24, 2.45) is 0 Å². The average molecular weight is 294 g/mol. The van der Waals surface area contributed by atoms with E-state index in [0.29, 0.717) is 22.2 Å². The van der Waals surface area contributed by atoms with Gasteiger partial charge in [0.2, 0.25) is 5.78 Å². The fourth-order valence-electron chi connectivity index (χ4n) is 2.33. The van der Waals surface area contributed by atoms with E-state index >= 15 is 0 Å². The summed E-state index contributed by atoms with van der Waals surface area (Å²) in [5, 5.41) is 3.91. The molecular weight excluding hydrogens is 284 g/mol. The molecule has 2 bridgehead atoms. The first kappa shape index (κ1) is 12.0. The van der Waals surface area contributed by atoms with E-state index in [0.717, 1.165) is 16.1 Å². The Balaban J connectivity index is 1.72. The normalized spacial score (nSPS) is 12.1. The van der Waals surface area contributed by atoms with Crippen molar-refractivity contribution >= 4 is 33.8 Å². The van der Waals surface area contributed by atoms with Crippen LogP contribution in [0, 0.1) is 0 Å². The van der Waals surface area contributed by atoms with Crippen molar-refractivity contribution in [2.45, 2.75) is 0 Å². The fraction of sp³-hybridized carbons (Fsp3) is 0. The van der Waals surface area contributed by atoms with Crippen LogP contribution in [0.25, 0.3) is 10.4 Å². The molecule has 21 heavy (non-hydrogen) atoms. The molecule has 0 fully saturated rings. The van der Waals surface area contributed by atoms with E-state index in [9.17, 15) is 4.79 Å². The van der Waals surface area contributed by atoms with E-state index in [4.69, 9.17) is 5.73 Å². The number of thiazole rings is 1. The van der Waals surface area contributed by atoms with Crippen molar-refractivity contribution in [3.63, 3.8) is 0 Å². The van der Waals surface area contributed by atoms with E-state index in [1.165, 1.54) is 11.3 Å². The Bertz CT molecular complexity index is 833. The summed E-state index contributed by atoms with van der Waals surface area (Å²) in [6, 6.07) is 11.5. The number of nitrogens with two attached hydrogens (primary N) is 1. The number of aromatic nitrogens is 2. The topological polar surface area (TPSA) is 80.9 Å². The lowest BCUT2D eigenvalue weighted by Gasteiger charge is -2.19. The number of pyridine rings is 1. The number of hydrogen-bond acceptors (Lipinski definition) is 6. The summed E-state index contributed by atoms with van der Waals surface area (Å²) in [4.78, 5) is 20.9. The number of anilines is 3. The van der Waals surface area contributed by atoms with E-state index in [2.05, 4.69) is 15.3 Å². The lowest BCUT2D eigenvalue weighted by molar-refractivity contribution is 0.102. The van der Waals surface area contributed by atoms with Gasteiger partial charge in [0, 0.05) is 23.0 Å². The number of hydrogen-bond donors (Lipinski definition) is 2. The number of nitrogens with one attached hydrogen (secondary N) is 1. The number of fused-ring (bicyclic) bond motifs is 2. The molecule has 0 radical (unpaired) electrons. The molecule has 3 N–H and O–H groups in total. The highest BCUT2D eigenvalue weighted by Crippen LogP contribution is 2.44. The number of para-hydroxylation sites is 1. The maximum absolute atomic E-state index is 11.7. The highest BCUT2D eigenvalue weighted by Gasteiger charge is 2.33. The van der Waals surface area contributed by atoms with Crippen LogP contribution in [-0.4, -0.2) is 15.8 Å². The van der Waals surface area contributed by atoms with Crippen LogP contribution < -0.4 is 11.1 Å². The first-order chi connectivity index (χ1) is 10.2. The molecule has 2 heterocycles. The highest BCUT2D eigenvalue weighted by atomic mass is 32.1. The molecule has 1 aromatic carbocycles. The Morgan fingerprint density at radius 2 is 1.95 bits per heavy atom. The first-order valence-corrected chi connectivity index (χ1v) is 7.18. The predicted molar refractivity (Wildman–Crippen MR) is 82.9 cm³/mol. The Kier molecular flexibility index (Phi) is 2.52. The van der Waals surface area contributed by atoms with Gasteiger partial charge >= 0.3 is 0 Å². The monoisotopic (exact) mass is 294 g/mol. The van der Waals surface area contributed by atoms with Crippen LogP contribution in [0.4, 0.5) is 16.6 Å². The molecule has 0 saturated heterocycles. The molecule has 0 saturated carbocycles. The van der Waals surface area contributed by atoms with Crippen LogP contribution in [0.5, 0.6) is 0 Å². The minimum Gasteiger partial charge on any atom is -0.382 e. The zero-order valence-corrected chi connectivity index (χ0v) is 11.6. The standard InChI is InChI=1S/C15H10N4OS/c16-14-13(10-9-6-7-17-11(10)12(9)20)21-15(19-14)18-8-4-2-1-3-5-8/h1-7H,16H2,(H,18,19). The van der Waals surface area contributed by atoms with Crippen molar-refractivity contribution in [1.29, 1.82) is 0 Å². The maximum atomic E-state index is 11.7. The van der Waals surface area contributed by atoms with Gasteiger partial charge in [-0.3, -0.25) is 9.78 Å². The molecule has 5 nitrogen and oxygen atoms in total. The Morgan fingerprint density at radius 1 is 1.14 bits per heavy atom. The third-order valence-electron chi connectivity index (χ3n) is 3.32. The lowest BCUT2D eigenvalue weighted by atomic mass is 9.87. The van der Waals surface area contributed by atoms with E-state index in [-0.39, 0.29) is 5.78 Å². The van der Waals surface area contributed by atoms with Gasteiger partial charge in [-0.15, -0.1) is 0 Å². The SMILES string of the molecule is Nc1nc(Nc2ccccc2)sc1-c1c2ccnc1C2=O. The Hall–Kier alpha value is -2.73. The molecule has 0 amide bonds. The van der Waals surface area contributed by atoms with Gasteiger partial charge in [-0.25, -0.2) is 4.98 Å². The zero-order valence-electron chi connectivity index (χ0n) is 10.8. The molecule has 0 spiro atoms. The lowest BCUT2D eigenvalue weighted by Crippen LogP contribution is -2.19. The van der Waals surface area contributed by atoms with Gasteiger partial charge in [-0.05, 0) is 18.2 Å². The van der Waals surface area contributed by atoms with Crippen LogP contribution in [-0.2, 0) is 0 Å². The van der Waals surface area contributed by atoms with Gasteiger partial charge in [-0.1, -0.05) is 29.5 Å². The molecule has 6 heteroatoms. The number of carbonyl (C=O) groups is 1. The second-order valence-corrected chi connectivity index (χ2v) is 5.63. The van der Waals surface area contributed by atoms with Crippen molar-refractivity contribution in [2.75, 3.05) is 11.1 Å². The smallest absolute Gasteiger partial charge is 0.212 e. The maximum Gasteiger partial charge on any atom is 0.212 e. The molecule has 102 valence electrons. The molecular formula is C15H10N4OS. The van der Waals surface area contributed by atoms with E-state index in [1.54, 1.807) is 12.3 Å². The minimum absolute atomic E-state index is 0.0159. The zero-order chi connectivity index (χ0) is 14.4. The largest absolute Gasteiger partial charge is 0.382 e. The molecule has 1 aliphatic rings. The average Bonchev–Trinajstić information content (AvgIpc) is 2.87. The van der Waals surface area contributed by atoms with Crippen molar-refractivity contribution < 1.29 is 4.79 Å². The minimum atomic E-state index is -0.0159. The third-order valence-corrected chi connectivity index (χ3v) is 4.32. The molecule has 0 aliphatic heterocycles. The summed E-state index contributed by atoms with van der Waals surface area (Å²) in [5.41, 5.74) is 8.90. The molecule has 4 rings (SSSR count). The summed E-state index contributed by atoms with van der Waals surface area (Å²) < 4.78 is 0. The molecule has 0 unspecified atom stereocenters. The van der Waals surface area contributed by atoms with Crippen LogP contribution in [0.1, 0.15) is 16.1 Å². The molecule has 0 atom stereocenters. The Labute approximate surface area is 124 Å². The highest BCUT2D eigenvalue weighted by molar-refractivity contribution is 7.19. The number of nitrogens with zero attached hydrogens (tertiary/aromatic N) is 2. The van der Waals surface area contributed by atoms with Crippen molar-refractivity contribution in [3.05, 3.63) is 53.9 Å². The van der Waals surface area contributed by atoms with Gasteiger partial charge in [0.05, 0.1) is 4.88 Å². The second-order valence-electron chi connectivity index (χ2n) is 4.64. The van der Waals surface area contributed by atoms with Gasteiger partial charge < -0.3 is 11.1 Å². The summed E-state index contributed by atoms with van der Waals surface area (Å²) in [7, 11) is 0. The van der Waals surface area contributed by atoms with Gasteiger partial charge in [0.1, 0.15) is 11.5 Å². The van der Waals surface area contributed by atoms with Gasteiger partial charge in [0.15, 0.2) is 5.13 Å². The number of ketones is 1. The first-order valence-electron chi connectivity index (χ1n) is 6.36. The van der Waals surface area contributed by atoms with Crippen molar-refractivity contribution in [3.8, 4) is 10.4 Å². The summed E-state index contributed by atoms with van der Waals surface area (Å²) in [6.45, 7) is 0. The predicted octanol–water partition coefficient (Wildman–Crippen LogP) is 3.08. The van der Waals surface area contributed by atoms with Crippen LogP contribution in [0.15, 0.2) is 42.6 Å². The summed E-state index contributed by atoms with van der Waals surface area (Å²) in [5.74, 6) is 0.402. The number of nitrogen functional groups attached to an aromatic ring is 1. The second kappa shape index (κ2) is 4.39. The van der Waals surface area contributed by atoms with Gasteiger partial charge in [0.25, 0.3) is 0 Å². The fourth-order valence-corrected chi connectivity index (χ4v) is 3.29. The van der Waals surface area contributed by atoms with E-state index < -0.39 is 0 Å². The van der Waals surface area contributed by atoms with Crippen LogP contribution >= 0.6 is 11.3 Å². The molecule has 3 aromatic rings. The van der Waals surface area contributed by atoms with Crippen molar-refractivity contribution in [1.82, 2.24) is 9.97 Å². The summed E-state index contributed by atoms with van der Waals surface area (Å²) >= 11 is 1.43. The number of benzene rings is 1. The Morgan fingerprint density at radius 3 is 2.62 bits per heavy atom. The van der Waals surface area contributed by atoms with Gasteiger partial charge in [-0.2, -0.15) is 0 Å². The van der Waals surface area contributed by atoms with E-state index in [1.807, 2.05) is 30.3 Å². The third kappa shape index (κ3) is 1.80. The molecule has 1 aliphatic carbocycles. The number of carbonyl (C=O) groups excluding carboxylic acids is 1. The molecule has 2 aromatic heterocycles.